The van der Waals surface area contributed by atoms with Crippen LogP contribution in [0.15, 0.2) is 73.1 Å². The summed E-state index contributed by atoms with van der Waals surface area (Å²) in [6.07, 6.45) is -2.15. The number of ether oxygens (including phenoxy) is 1. The normalized spacial score (nSPS) is 12.3. The molecule has 42 heavy (non-hydrogen) atoms. The molecule has 2 aliphatic rings. The summed E-state index contributed by atoms with van der Waals surface area (Å²) in [6, 6.07) is 12.7. The molecule has 2 aromatic carbocycles. The summed E-state index contributed by atoms with van der Waals surface area (Å²) in [4.78, 5) is 32.8. The van der Waals surface area contributed by atoms with Crippen molar-refractivity contribution < 1.29 is 37.0 Å². The molecule has 0 fully saturated rings. The van der Waals surface area contributed by atoms with Crippen LogP contribution in [0.25, 0.3) is 34.0 Å². The first kappa shape index (κ1) is 28.3. The number of aromatic nitrogens is 5. The topological polar surface area (TPSA) is 120 Å². The van der Waals surface area contributed by atoms with Gasteiger partial charge in [0, 0.05) is 18.0 Å². The van der Waals surface area contributed by atoms with Crippen LogP contribution in [0.3, 0.4) is 0 Å². The van der Waals surface area contributed by atoms with Crippen LogP contribution < -0.4 is 0 Å². The van der Waals surface area contributed by atoms with Crippen molar-refractivity contribution >= 4 is 11.9 Å². The number of carboxylic acid groups (broad SMARTS) is 1. The molecule has 3 heterocycles. The minimum atomic E-state index is -4.63. The number of esters is 1. The molecule has 3 aromatic rings. The summed E-state index contributed by atoms with van der Waals surface area (Å²) < 4.78 is 62.0. The van der Waals surface area contributed by atoms with Crippen LogP contribution in [0, 0.1) is 12.7 Å². The summed E-state index contributed by atoms with van der Waals surface area (Å²) in [7, 11) is 0. The molecule has 1 unspecified atom stereocenters. The van der Waals surface area contributed by atoms with Crippen molar-refractivity contribution in [3.8, 4) is 34.0 Å². The lowest BCUT2D eigenvalue weighted by molar-refractivity contribution is -0.148. The van der Waals surface area contributed by atoms with Crippen molar-refractivity contribution in [2.24, 2.45) is 0 Å². The van der Waals surface area contributed by atoms with E-state index >= 15 is 0 Å². The van der Waals surface area contributed by atoms with E-state index in [-0.39, 0.29) is 28.3 Å². The maximum Gasteiger partial charge on any atom is 0.417 e. The number of aliphatic carboxylic acids is 1. The number of carbonyl (C=O) groups excluding carboxylic acids is 1. The lowest BCUT2D eigenvalue weighted by atomic mass is 10.0. The van der Waals surface area contributed by atoms with E-state index in [4.69, 9.17) is 9.84 Å². The van der Waals surface area contributed by atoms with Crippen LogP contribution in [0.5, 0.6) is 0 Å². The minimum Gasteiger partial charge on any atom is -0.481 e. The number of rotatable bonds is 8. The number of hydrogen-bond donors (Lipinski definition) is 1. The van der Waals surface area contributed by atoms with Gasteiger partial charge < -0.3 is 14.4 Å². The third-order valence-corrected chi connectivity index (χ3v) is 6.31. The number of halogens is 4. The molecule has 13 heteroatoms. The molecule has 1 N–H and O–H groups in total. The van der Waals surface area contributed by atoms with Crippen molar-refractivity contribution in [2.45, 2.75) is 25.6 Å². The molecule has 1 aromatic heterocycles. The molecular weight excluding hydrogens is 558 g/mol. The van der Waals surface area contributed by atoms with Gasteiger partial charge in [-0.3, -0.25) is 4.79 Å². The number of aryl methyl sites for hydroxylation is 1. The van der Waals surface area contributed by atoms with E-state index in [1.54, 1.807) is 13.0 Å². The third-order valence-electron chi connectivity index (χ3n) is 6.31. The summed E-state index contributed by atoms with van der Waals surface area (Å²) in [5.74, 6) is -2.45. The summed E-state index contributed by atoms with van der Waals surface area (Å²) in [6.45, 7) is 1.11. The fraction of sp³-hybridized carbons (Fsp3) is 0.172. The minimum absolute atomic E-state index is 0.0120. The molecule has 0 bridgehead atoms. The van der Waals surface area contributed by atoms with Crippen LogP contribution in [0.4, 0.5) is 17.6 Å². The van der Waals surface area contributed by atoms with E-state index in [9.17, 15) is 27.2 Å². The maximum atomic E-state index is 14.3. The van der Waals surface area contributed by atoms with E-state index in [2.05, 4.69) is 20.2 Å². The van der Waals surface area contributed by atoms with Crippen molar-refractivity contribution in [2.75, 3.05) is 6.61 Å². The predicted molar refractivity (Wildman–Crippen MR) is 141 cm³/mol. The Morgan fingerprint density at radius 3 is 2.40 bits per heavy atom. The Kier molecular flexibility index (Phi) is 7.66. The second-order valence-corrected chi connectivity index (χ2v) is 9.29. The van der Waals surface area contributed by atoms with Crippen LogP contribution in [-0.4, -0.2) is 48.4 Å². The van der Waals surface area contributed by atoms with Gasteiger partial charge in [-0.2, -0.15) is 23.4 Å². The van der Waals surface area contributed by atoms with Gasteiger partial charge in [0.2, 0.25) is 0 Å². The SMILES string of the molecule is Cc1ccc(-c2ccc(C(C(=O)OCCC(=O)O)n3ccc4nc(-c5ccccc5F)nc-4c3)nn2)c(C(F)(F)F)c1. The van der Waals surface area contributed by atoms with Gasteiger partial charge in [0.05, 0.1) is 34.6 Å². The fourth-order valence-electron chi connectivity index (χ4n) is 4.31. The molecule has 0 saturated heterocycles. The third kappa shape index (κ3) is 5.94. The molecule has 9 nitrogen and oxygen atoms in total. The molecule has 0 aliphatic carbocycles. The van der Waals surface area contributed by atoms with E-state index in [0.717, 1.165) is 6.07 Å². The molecule has 0 spiro atoms. The molecule has 0 radical (unpaired) electrons. The van der Waals surface area contributed by atoms with Crippen LogP contribution in [0.1, 0.15) is 29.3 Å². The number of pyridine rings is 1. The zero-order valence-corrected chi connectivity index (χ0v) is 21.8. The first-order valence-electron chi connectivity index (χ1n) is 12.5. The smallest absolute Gasteiger partial charge is 0.417 e. The largest absolute Gasteiger partial charge is 0.481 e. The number of nitrogens with zero attached hydrogens (tertiary/aromatic N) is 5. The van der Waals surface area contributed by atoms with Crippen molar-refractivity contribution in [1.29, 1.82) is 0 Å². The Hall–Kier alpha value is -5.20. The highest BCUT2D eigenvalue weighted by Gasteiger charge is 2.34. The van der Waals surface area contributed by atoms with Gasteiger partial charge in [0.1, 0.15) is 18.1 Å². The molecule has 2 aliphatic heterocycles. The highest BCUT2D eigenvalue weighted by molar-refractivity contribution is 5.78. The molecule has 5 rings (SSSR count). The highest BCUT2D eigenvalue weighted by Crippen LogP contribution is 2.37. The number of imidazole rings is 1. The lowest BCUT2D eigenvalue weighted by Gasteiger charge is -2.19. The van der Waals surface area contributed by atoms with Gasteiger partial charge in [-0.05, 0) is 43.3 Å². The van der Waals surface area contributed by atoms with Crippen molar-refractivity contribution in [3.05, 3.63) is 95.7 Å². The standard InChI is InChI=1S/C29H21F4N5O4/c1-16-6-7-17(19(14-16)29(31,32)33)21-8-9-23(37-36-21)26(28(41)42-13-11-25(39)40)38-12-10-22-24(15-38)35-27(34-22)18-4-2-3-5-20(18)30/h2-10,12,14-15,26H,11,13H2,1H3,(H,39,40). The second-order valence-electron chi connectivity index (χ2n) is 9.29. The average molecular weight is 580 g/mol. The summed E-state index contributed by atoms with van der Waals surface area (Å²) in [5.41, 5.74) is 0.185. The van der Waals surface area contributed by atoms with Gasteiger partial charge in [-0.15, -0.1) is 0 Å². The van der Waals surface area contributed by atoms with Crippen LogP contribution in [-0.2, 0) is 20.5 Å². The zero-order chi connectivity index (χ0) is 30.0. The Morgan fingerprint density at radius 2 is 1.71 bits per heavy atom. The Labute approximate surface area is 235 Å². The van der Waals surface area contributed by atoms with Gasteiger partial charge in [-0.1, -0.05) is 29.8 Å². The molecule has 0 saturated carbocycles. The number of alkyl halides is 3. The van der Waals surface area contributed by atoms with Gasteiger partial charge in [-0.25, -0.2) is 19.2 Å². The monoisotopic (exact) mass is 579 g/mol. The van der Waals surface area contributed by atoms with Gasteiger partial charge >= 0.3 is 18.1 Å². The quantitative estimate of drug-likeness (QED) is 0.187. The van der Waals surface area contributed by atoms with E-state index < -0.39 is 48.6 Å². The first-order chi connectivity index (χ1) is 20.0. The molecule has 214 valence electrons. The van der Waals surface area contributed by atoms with Gasteiger partial charge in [0.25, 0.3) is 0 Å². The number of carboxylic acids is 1. The zero-order valence-electron chi connectivity index (χ0n) is 21.8. The molecule has 1 atom stereocenters. The number of benzene rings is 2. The van der Waals surface area contributed by atoms with Crippen LogP contribution >= 0.6 is 0 Å². The van der Waals surface area contributed by atoms with E-state index in [1.165, 1.54) is 65.5 Å². The fourth-order valence-corrected chi connectivity index (χ4v) is 4.31. The predicted octanol–water partition coefficient (Wildman–Crippen LogP) is 5.58. The first-order valence-corrected chi connectivity index (χ1v) is 12.5. The number of fused-ring (bicyclic) bond motifs is 1. The van der Waals surface area contributed by atoms with E-state index in [0.29, 0.717) is 17.0 Å². The Morgan fingerprint density at radius 1 is 0.952 bits per heavy atom. The molecule has 0 amide bonds. The number of hydrogen-bond acceptors (Lipinski definition) is 7. The highest BCUT2D eigenvalue weighted by atomic mass is 19.4. The van der Waals surface area contributed by atoms with Crippen molar-refractivity contribution in [3.63, 3.8) is 0 Å². The van der Waals surface area contributed by atoms with Crippen LogP contribution in [0.2, 0.25) is 0 Å². The average Bonchev–Trinajstić information content (AvgIpc) is 3.36. The summed E-state index contributed by atoms with van der Waals surface area (Å²) in [5, 5.41) is 16.9. The van der Waals surface area contributed by atoms with Gasteiger partial charge in [0.15, 0.2) is 11.9 Å². The van der Waals surface area contributed by atoms with E-state index in [1.807, 2.05) is 0 Å². The second kappa shape index (κ2) is 11.4. The lowest BCUT2D eigenvalue weighted by Crippen LogP contribution is -2.25. The number of carbonyl (C=O) groups is 2. The molecular formula is C29H21F4N5O4. The maximum absolute atomic E-state index is 14.3. The summed E-state index contributed by atoms with van der Waals surface area (Å²) >= 11 is 0. The Balaban J connectivity index is 1.53. The Bertz CT molecular complexity index is 1740. The van der Waals surface area contributed by atoms with Crippen molar-refractivity contribution in [1.82, 2.24) is 24.7 Å².